The number of carbonyl (C=O) groups excluding carboxylic acids is 1. The quantitative estimate of drug-likeness (QED) is 0.637. The van der Waals surface area contributed by atoms with E-state index in [0.29, 0.717) is 6.42 Å². The van der Waals surface area contributed by atoms with Crippen LogP contribution in [0.25, 0.3) is 0 Å². The summed E-state index contributed by atoms with van der Waals surface area (Å²) in [5, 5.41) is 5.29. The first-order chi connectivity index (χ1) is 13.2. The predicted octanol–water partition coefficient (Wildman–Crippen LogP) is -0.168. The van der Waals surface area contributed by atoms with Crippen molar-refractivity contribution >= 4 is 5.91 Å². The molecule has 1 aromatic carbocycles. The highest BCUT2D eigenvalue weighted by Crippen LogP contribution is 2.22. The van der Waals surface area contributed by atoms with Crippen LogP contribution in [0.4, 0.5) is 0 Å². The summed E-state index contributed by atoms with van der Waals surface area (Å²) in [6, 6.07) is 10.1. The number of ether oxygens (including phenoxy) is 1. The van der Waals surface area contributed by atoms with Gasteiger partial charge in [0.15, 0.2) is 0 Å². The maximum absolute atomic E-state index is 12.6. The molecule has 27 heavy (non-hydrogen) atoms. The number of nitrogens with zero attached hydrogens (tertiary/aromatic N) is 2. The average molecular weight is 375 g/mol. The van der Waals surface area contributed by atoms with E-state index in [-0.39, 0.29) is 30.3 Å². The third-order valence-corrected chi connectivity index (χ3v) is 5.58. The number of methoxy groups -OCH3 is 1. The topological polar surface area (TPSA) is 78.1 Å². The third-order valence-electron chi connectivity index (χ3n) is 5.58. The van der Waals surface area contributed by atoms with Crippen LogP contribution < -0.4 is 16.2 Å². The van der Waals surface area contributed by atoms with E-state index in [0.717, 1.165) is 39.1 Å². The molecule has 4 atom stereocenters. The molecule has 3 heterocycles. The van der Waals surface area contributed by atoms with Crippen LogP contribution >= 0.6 is 0 Å². The van der Waals surface area contributed by atoms with Crippen LogP contribution in [0.3, 0.4) is 0 Å². The lowest BCUT2D eigenvalue weighted by Gasteiger charge is -2.21. The van der Waals surface area contributed by atoms with Gasteiger partial charge in [-0.05, 0) is 12.0 Å². The minimum absolute atomic E-state index is 0.00773. The first kappa shape index (κ1) is 18.8. The number of benzene rings is 1. The van der Waals surface area contributed by atoms with Gasteiger partial charge in [0, 0.05) is 46.3 Å². The maximum Gasteiger partial charge on any atom is 0.239 e. The van der Waals surface area contributed by atoms with Crippen LogP contribution in [0.2, 0.25) is 0 Å². The molecule has 0 spiro atoms. The Morgan fingerprint density at radius 3 is 2.96 bits per heavy atom. The van der Waals surface area contributed by atoms with Gasteiger partial charge in [-0.15, -0.1) is 0 Å². The van der Waals surface area contributed by atoms with Crippen molar-refractivity contribution in [2.24, 2.45) is 0 Å². The van der Waals surface area contributed by atoms with E-state index in [1.54, 1.807) is 7.11 Å². The zero-order chi connectivity index (χ0) is 18.6. The van der Waals surface area contributed by atoms with Crippen molar-refractivity contribution in [1.82, 2.24) is 26.1 Å². The van der Waals surface area contributed by atoms with Crippen molar-refractivity contribution in [1.29, 1.82) is 0 Å². The van der Waals surface area contributed by atoms with Crippen LogP contribution in [0, 0.1) is 0 Å². The summed E-state index contributed by atoms with van der Waals surface area (Å²) in [7, 11) is 1.74. The highest BCUT2D eigenvalue weighted by Gasteiger charge is 2.38. The minimum Gasteiger partial charge on any atom is -0.380 e. The summed E-state index contributed by atoms with van der Waals surface area (Å²) in [5.41, 5.74) is 7.53. The second kappa shape index (κ2) is 8.64. The largest absolute Gasteiger partial charge is 0.380 e. The van der Waals surface area contributed by atoms with Crippen molar-refractivity contribution in [2.45, 2.75) is 43.8 Å². The number of rotatable bonds is 6. The summed E-state index contributed by atoms with van der Waals surface area (Å²) in [6.07, 6.45) is 1.88. The molecule has 1 aromatic rings. The summed E-state index contributed by atoms with van der Waals surface area (Å²) in [5.74, 6) is 0.00773. The van der Waals surface area contributed by atoms with Crippen molar-refractivity contribution in [3.05, 3.63) is 35.9 Å². The van der Waals surface area contributed by atoms with Crippen molar-refractivity contribution in [3.8, 4) is 0 Å². The summed E-state index contributed by atoms with van der Waals surface area (Å²) in [4.78, 5) is 20.5. The highest BCUT2D eigenvalue weighted by atomic mass is 16.7. The smallest absolute Gasteiger partial charge is 0.239 e. The number of hydrazine groups is 1. The normalized spacial score (nSPS) is 32.2. The SMILES string of the molecule is CO[C@@H]1CCN(C2CC(C(=O)NC3CNN(Cc4ccccc4)C3)NO2)C1. The molecule has 0 aromatic heterocycles. The number of likely N-dealkylation sites (tertiary alicyclic amines) is 1. The summed E-state index contributed by atoms with van der Waals surface area (Å²) in [6.45, 7) is 4.17. The van der Waals surface area contributed by atoms with Crippen molar-refractivity contribution in [3.63, 3.8) is 0 Å². The van der Waals surface area contributed by atoms with Gasteiger partial charge in [0.05, 0.1) is 12.1 Å². The van der Waals surface area contributed by atoms with E-state index >= 15 is 0 Å². The molecule has 8 heteroatoms. The average Bonchev–Trinajstić information content (AvgIpc) is 3.43. The van der Waals surface area contributed by atoms with Gasteiger partial charge in [-0.3, -0.25) is 20.0 Å². The lowest BCUT2D eigenvalue weighted by molar-refractivity contribution is -0.125. The third kappa shape index (κ3) is 4.66. The Morgan fingerprint density at radius 1 is 1.33 bits per heavy atom. The van der Waals surface area contributed by atoms with Crippen LogP contribution in [-0.2, 0) is 20.9 Å². The lowest BCUT2D eigenvalue weighted by Crippen LogP contribution is -2.47. The lowest BCUT2D eigenvalue weighted by atomic mass is 10.1. The van der Waals surface area contributed by atoms with E-state index in [2.05, 4.69) is 38.3 Å². The molecule has 3 saturated heterocycles. The first-order valence-electron chi connectivity index (χ1n) is 9.72. The number of carbonyl (C=O) groups is 1. The zero-order valence-corrected chi connectivity index (χ0v) is 15.8. The molecule has 0 radical (unpaired) electrons. The fourth-order valence-corrected chi connectivity index (χ4v) is 4.01. The molecule has 3 aliphatic heterocycles. The molecule has 1 amide bonds. The van der Waals surface area contributed by atoms with Crippen LogP contribution in [0.15, 0.2) is 30.3 Å². The van der Waals surface area contributed by atoms with E-state index in [4.69, 9.17) is 9.57 Å². The second-order valence-electron chi connectivity index (χ2n) is 7.55. The molecule has 0 saturated carbocycles. The zero-order valence-electron chi connectivity index (χ0n) is 15.8. The van der Waals surface area contributed by atoms with Gasteiger partial charge in [0.25, 0.3) is 0 Å². The second-order valence-corrected chi connectivity index (χ2v) is 7.55. The molecule has 8 nitrogen and oxygen atoms in total. The van der Waals surface area contributed by atoms with E-state index in [1.807, 2.05) is 18.2 Å². The number of nitrogens with one attached hydrogen (secondary N) is 3. The molecular formula is C19H29N5O3. The monoisotopic (exact) mass is 375 g/mol. The van der Waals surface area contributed by atoms with Gasteiger partial charge >= 0.3 is 0 Å². The molecule has 3 N–H and O–H groups in total. The van der Waals surface area contributed by atoms with E-state index in [9.17, 15) is 4.79 Å². The van der Waals surface area contributed by atoms with E-state index in [1.165, 1.54) is 5.56 Å². The molecular weight excluding hydrogens is 346 g/mol. The molecule has 3 unspecified atom stereocenters. The van der Waals surface area contributed by atoms with E-state index < -0.39 is 0 Å². The first-order valence-corrected chi connectivity index (χ1v) is 9.72. The van der Waals surface area contributed by atoms with Crippen LogP contribution in [0.5, 0.6) is 0 Å². The fraction of sp³-hybridized carbons (Fsp3) is 0.632. The van der Waals surface area contributed by atoms with Gasteiger partial charge in [0.2, 0.25) is 5.91 Å². The highest BCUT2D eigenvalue weighted by molar-refractivity contribution is 5.82. The number of amides is 1. The fourth-order valence-electron chi connectivity index (χ4n) is 4.01. The Kier molecular flexibility index (Phi) is 6.01. The van der Waals surface area contributed by atoms with Crippen LogP contribution in [-0.4, -0.2) is 73.5 Å². The number of hydroxylamine groups is 1. The van der Waals surface area contributed by atoms with Gasteiger partial charge in [-0.25, -0.2) is 5.01 Å². The molecule has 3 aliphatic rings. The molecule has 0 bridgehead atoms. The Morgan fingerprint density at radius 2 is 2.19 bits per heavy atom. The minimum atomic E-state index is -0.306. The summed E-state index contributed by atoms with van der Waals surface area (Å²) < 4.78 is 5.41. The van der Waals surface area contributed by atoms with Gasteiger partial charge in [-0.1, -0.05) is 30.3 Å². The van der Waals surface area contributed by atoms with Crippen molar-refractivity contribution < 1.29 is 14.4 Å². The summed E-state index contributed by atoms with van der Waals surface area (Å²) >= 11 is 0. The molecule has 3 fully saturated rings. The van der Waals surface area contributed by atoms with Gasteiger partial charge in [-0.2, -0.15) is 5.48 Å². The maximum atomic E-state index is 12.6. The Bertz CT molecular complexity index is 631. The predicted molar refractivity (Wildman–Crippen MR) is 100 cm³/mol. The van der Waals surface area contributed by atoms with Gasteiger partial charge in [0.1, 0.15) is 12.3 Å². The van der Waals surface area contributed by atoms with Crippen LogP contribution in [0.1, 0.15) is 18.4 Å². The standard InChI is InChI=1S/C19H29N5O3/c1-26-16-7-8-23(13-16)18-9-17(22-27-18)19(25)21-15-10-20-24(12-15)11-14-5-3-2-4-6-14/h2-6,15-18,20,22H,7-13H2,1H3,(H,21,25)/t15?,16-,17?,18?/m1/s1. The van der Waals surface area contributed by atoms with Crippen molar-refractivity contribution in [2.75, 3.05) is 33.3 Å². The Labute approximate surface area is 160 Å². The van der Waals surface area contributed by atoms with Gasteiger partial charge < -0.3 is 10.1 Å². The number of hydrogen-bond acceptors (Lipinski definition) is 7. The molecule has 0 aliphatic carbocycles. The number of hydrogen-bond donors (Lipinski definition) is 3. The molecule has 148 valence electrons. The Hall–Kier alpha value is -1.55. The molecule has 4 rings (SSSR count). The Balaban J connectivity index is 1.21.